The number of pyridine rings is 1. The fraction of sp³-hybridized carbons (Fsp3) is 0.364. The molecule has 0 bridgehead atoms. The Balaban J connectivity index is 0.000000342. The van der Waals surface area contributed by atoms with Crippen molar-refractivity contribution in [1.29, 1.82) is 0 Å². The van der Waals surface area contributed by atoms with Gasteiger partial charge in [0.15, 0.2) is 0 Å². The number of nitrogens with zero attached hydrogens (tertiary/aromatic N) is 1. The van der Waals surface area contributed by atoms with Crippen LogP contribution in [-0.2, 0) is 27.0 Å². The highest BCUT2D eigenvalue weighted by atomic mass is 19.4. The van der Waals surface area contributed by atoms with Crippen molar-refractivity contribution in [2.45, 2.75) is 45.5 Å². The van der Waals surface area contributed by atoms with Gasteiger partial charge in [-0.25, -0.2) is 19.0 Å². The molecule has 8 nitrogen and oxygen atoms in total. The molecule has 1 amide bonds. The third-order valence-corrected chi connectivity index (χ3v) is 4.36. The summed E-state index contributed by atoms with van der Waals surface area (Å²) in [6.45, 7) is 4.63. The Morgan fingerprint density at radius 2 is 1.59 bits per heavy atom. The lowest BCUT2D eigenvalue weighted by Gasteiger charge is -2.18. The minimum Gasteiger partial charge on any atom is -0.480 e. The van der Waals surface area contributed by atoms with Crippen LogP contribution in [0.4, 0.5) is 23.4 Å². The summed E-state index contributed by atoms with van der Waals surface area (Å²) >= 11 is 0. The number of carboxylic acids is 2. The molecule has 1 heterocycles. The second kappa shape index (κ2) is 12.5. The van der Waals surface area contributed by atoms with Gasteiger partial charge < -0.3 is 20.8 Å². The molecule has 186 valence electrons. The van der Waals surface area contributed by atoms with E-state index >= 15 is 0 Å². The molecule has 34 heavy (non-hydrogen) atoms. The first-order valence-corrected chi connectivity index (χ1v) is 9.97. The molecule has 0 saturated heterocycles. The molecule has 0 spiro atoms. The zero-order chi connectivity index (χ0) is 26.1. The number of aromatic nitrogens is 1. The van der Waals surface area contributed by atoms with Crippen molar-refractivity contribution in [3.05, 3.63) is 59.5 Å². The molecule has 1 unspecified atom stereocenters. The summed E-state index contributed by atoms with van der Waals surface area (Å²) in [5.74, 6) is -3.09. The standard InChI is InChI=1S/C11H13F3N2O2.C11H12FNO3/c1-6(2)9(10(17)18)16-8-4-3-7(5-15-8)11(12,13)14;1-7(14)13-10(11(15)16)6-8-2-4-9(12)5-3-8/h3-6,9H,1-2H3,(H,15,16)(H,17,18);2-5,10H,6H2,1H3,(H,13,14)(H,15,16)/t9-;/m0./s1. The van der Waals surface area contributed by atoms with E-state index in [0.717, 1.165) is 12.1 Å². The van der Waals surface area contributed by atoms with E-state index in [1.807, 2.05) is 0 Å². The average molecular weight is 487 g/mol. The summed E-state index contributed by atoms with van der Waals surface area (Å²) in [5, 5.41) is 22.7. The summed E-state index contributed by atoms with van der Waals surface area (Å²) in [6.07, 6.45) is -3.65. The quantitative estimate of drug-likeness (QED) is 0.419. The molecule has 12 heteroatoms. The summed E-state index contributed by atoms with van der Waals surface area (Å²) < 4.78 is 49.5. The first-order chi connectivity index (χ1) is 15.7. The Bertz CT molecular complexity index is 964. The predicted molar refractivity (Wildman–Crippen MR) is 114 cm³/mol. The van der Waals surface area contributed by atoms with Gasteiger partial charge in [-0.2, -0.15) is 13.2 Å². The van der Waals surface area contributed by atoms with Crippen molar-refractivity contribution in [2.75, 3.05) is 5.32 Å². The fourth-order valence-electron chi connectivity index (χ4n) is 2.62. The number of hydrogen-bond donors (Lipinski definition) is 4. The van der Waals surface area contributed by atoms with Gasteiger partial charge in [0, 0.05) is 19.5 Å². The van der Waals surface area contributed by atoms with E-state index < -0.39 is 41.7 Å². The van der Waals surface area contributed by atoms with E-state index in [4.69, 9.17) is 10.2 Å². The van der Waals surface area contributed by atoms with Crippen LogP contribution < -0.4 is 10.6 Å². The number of carbonyl (C=O) groups is 3. The number of carboxylic acid groups (broad SMARTS) is 2. The molecule has 4 N–H and O–H groups in total. The van der Waals surface area contributed by atoms with E-state index in [-0.39, 0.29) is 24.0 Å². The van der Waals surface area contributed by atoms with Crippen molar-refractivity contribution in [2.24, 2.45) is 5.92 Å². The van der Waals surface area contributed by atoms with Crippen LogP contribution in [0, 0.1) is 11.7 Å². The highest BCUT2D eigenvalue weighted by molar-refractivity contribution is 5.82. The zero-order valence-electron chi connectivity index (χ0n) is 18.6. The van der Waals surface area contributed by atoms with Crippen LogP contribution in [0.25, 0.3) is 0 Å². The third-order valence-electron chi connectivity index (χ3n) is 4.36. The lowest BCUT2D eigenvalue weighted by atomic mass is 10.1. The topological polar surface area (TPSA) is 129 Å². The van der Waals surface area contributed by atoms with E-state index in [0.29, 0.717) is 11.8 Å². The number of nitrogens with one attached hydrogen (secondary N) is 2. The van der Waals surface area contributed by atoms with Crippen molar-refractivity contribution in [3.8, 4) is 0 Å². The summed E-state index contributed by atoms with van der Waals surface area (Å²) in [6, 6.07) is 5.58. The fourth-order valence-corrected chi connectivity index (χ4v) is 2.62. The lowest BCUT2D eigenvalue weighted by Crippen LogP contribution is -2.41. The maximum Gasteiger partial charge on any atom is 0.417 e. The number of carbonyl (C=O) groups excluding carboxylic acids is 1. The third kappa shape index (κ3) is 9.84. The predicted octanol–water partition coefficient (Wildman–Crippen LogP) is 3.58. The largest absolute Gasteiger partial charge is 0.480 e. The van der Waals surface area contributed by atoms with E-state index in [2.05, 4.69) is 15.6 Å². The molecule has 1 aromatic heterocycles. The van der Waals surface area contributed by atoms with Crippen LogP contribution in [0.5, 0.6) is 0 Å². The van der Waals surface area contributed by atoms with Gasteiger partial charge in [0.2, 0.25) is 5.91 Å². The molecule has 0 saturated carbocycles. The number of alkyl halides is 3. The minimum atomic E-state index is -4.45. The second-order valence-electron chi connectivity index (χ2n) is 7.56. The van der Waals surface area contributed by atoms with Gasteiger partial charge in [-0.05, 0) is 35.7 Å². The van der Waals surface area contributed by atoms with Gasteiger partial charge >= 0.3 is 18.1 Å². The molecule has 0 aliphatic heterocycles. The van der Waals surface area contributed by atoms with Crippen molar-refractivity contribution in [1.82, 2.24) is 10.3 Å². The Morgan fingerprint density at radius 3 is 1.97 bits per heavy atom. The van der Waals surface area contributed by atoms with E-state index in [1.165, 1.54) is 31.2 Å². The monoisotopic (exact) mass is 487 g/mol. The minimum absolute atomic E-state index is 0.101. The molecule has 0 radical (unpaired) electrons. The molecule has 1 aromatic carbocycles. The molecule has 0 aliphatic carbocycles. The number of halogens is 4. The van der Waals surface area contributed by atoms with Crippen LogP contribution in [0.2, 0.25) is 0 Å². The van der Waals surface area contributed by atoms with Gasteiger partial charge in [-0.3, -0.25) is 4.79 Å². The Hall–Kier alpha value is -3.70. The van der Waals surface area contributed by atoms with Crippen LogP contribution in [0.15, 0.2) is 42.6 Å². The van der Waals surface area contributed by atoms with Gasteiger partial charge in [-0.15, -0.1) is 0 Å². The summed E-state index contributed by atoms with van der Waals surface area (Å²) in [5.41, 5.74) is -0.216. The average Bonchev–Trinajstić information content (AvgIpc) is 2.72. The second-order valence-corrected chi connectivity index (χ2v) is 7.56. The molecule has 0 aliphatic rings. The summed E-state index contributed by atoms with van der Waals surface area (Å²) in [7, 11) is 0. The normalized spacial score (nSPS) is 12.7. The first kappa shape index (κ1) is 28.3. The highest BCUT2D eigenvalue weighted by Gasteiger charge is 2.31. The van der Waals surface area contributed by atoms with Crippen molar-refractivity contribution >= 4 is 23.7 Å². The Labute approximate surface area is 193 Å². The van der Waals surface area contributed by atoms with Crippen LogP contribution in [-0.4, -0.2) is 45.1 Å². The van der Waals surface area contributed by atoms with Gasteiger partial charge in [0.05, 0.1) is 5.56 Å². The summed E-state index contributed by atoms with van der Waals surface area (Å²) in [4.78, 5) is 36.0. The molecule has 2 aromatic rings. The van der Waals surface area contributed by atoms with Gasteiger partial charge in [0.1, 0.15) is 23.7 Å². The SMILES string of the molecule is CC(=O)NC(Cc1ccc(F)cc1)C(=O)O.CC(C)[C@H](Nc1ccc(C(F)(F)F)cn1)C(=O)O. The maximum atomic E-state index is 12.6. The number of amides is 1. The van der Waals surface area contributed by atoms with E-state index in [1.54, 1.807) is 13.8 Å². The van der Waals surface area contributed by atoms with Crippen molar-refractivity contribution < 1.29 is 42.2 Å². The Morgan fingerprint density at radius 1 is 1.00 bits per heavy atom. The first-order valence-electron chi connectivity index (χ1n) is 9.97. The molecule has 2 rings (SSSR count). The number of benzene rings is 1. The lowest BCUT2D eigenvalue weighted by molar-refractivity contribution is -0.141. The number of hydrogen-bond acceptors (Lipinski definition) is 5. The van der Waals surface area contributed by atoms with Crippen LogP contribution >= 0.6 is 0 Å². The highest BCUT2D eigenvalue weighted by Crippen LogP contribution is 2.29. The van der Waals surface area contributed by atoms with Gasteiger partial charge in [0.25, 0.3) is 0 Å². The number of anilines is 1. The zero-order valence-corrected chi connectivity index (χ0v) is 18.6. The van der Waals surface area contributed by atoms with Crippen LogP contribution in [0.1, 0.15) is 31.9 Å². The molecular weight excluding hydrogens is 462 g/mol. The van der Waals surface area contributed by atoms with Gasteiger partial charge in [-0.1, -0.05) is 26.0 Å². The van der Waals surface area contributed by atoms with Crippen molar-refractivity contribution in [3.63, 3.8) is 0 Å². The van der Waals surface area contributed by atoms with Crippen LogP contribution in [0.3, 0.4) is 0 Å². The maximum absolute atomic E-state index is 12.6. The number of rotatable bonds is 8. The van der Waals surface area contributed by atoms with E-state index in [9.17, 15) is 31.9 Å². The molecular formula is C22H25F4N3O5. The number of aliphatic carboxylic acids is 2. The smallest absolute Gasteiger partial charge is 0.417 e. The molecule has 2 atom stereocenters. The molecule has 0 fully saturated rings. The Kier molecular flexibility index (Phi) is 10.4.